The third-order valence-electron chi connectivity index (χ3n) is 5.22. The standard InChI is InChI=1S/C22H20F2N4O3/c23-22(24)6-2-9-28(10-7-22)19-17(12-15-13-25-8-5-18(15)27-19)20(29)26-16-4-1-3-14(11-16)21(30)31/h1,3-5,8,11-13H,2,6-7,9-10H2,(H,26,29)(H,30,31). The van der Waals surface area contributed by atoms with Crippen LogP contribution in [0.5, 0.6) is 0 Å². The molecule has 0 radical (unpaired) electrons. The molecular formula is C22H20F2N4O3. The predicted molar refractivity (Wildman–Crippen MR) is 112 cm³/mol. The molecule has 4 rings (SSSR count). The van der Waals surface area contributed by atoms with Crippen LogP contribution in [0.3, 0.4) is 0 Å². The number of anilines is 2. The lowest BCUT2D eigenvalue weighted by Crippen LogP contribution is -2.29. The summed E-state index contributed by atoms with van der Waals surface area (Å²) in [4.78, 5) is 34.7. The normalized spacial score (nSPS) is 16.0. The number of halogens is 2. The number of hydrogen-bond acceptors (Lipinski definition) is 5. The molecule has 2 N–H and O–H groups in total. The van der Waals surface area contributed by atoms with E-state index in [1.54, 1.807) is 35.5 Å². The molecule has 1 saturated heterocycles. The summed E-state index contributed by atoms with van der Waals surface area (Å²) in [7, 11) is 0. The molecule has 0 unspecified atom stereocenters. The fourth-order valence-corrected chi connectivity index (χ4v) is 3.62. The van der Waals surface area contributed by atoms with E-state index in [4.69, 9.17) is 5.11 Å². The van der Waals surface area contributed by atoms with Gasteiger partial charge in [-0.3, -0.25) is 9.78 Å². The number of aromatic carboxylic acids is 1. The number of nitrogens with zero attached hydrogens (tertiary/aromatic N) is 3. The lowest BCUT2D eigenvalue weighted by Gasteiger charge is -2.24. The largest absolute Gasteiger partial charge is 0.478 e. The Balaban J connectivity index is 1.71. The van der Waals surface area contributed by atoms with Gasteiger partial charge in [-0.1, -0.05) is 6.07 Å². The van der Waals surface area contributed by atoms with Gasteiger partial charge in [0.15, 0.2) is 0 Å². The van der Waals surface area contributed by atoms with Crippen molar-refractivity contribution < 1.29 is 23.5 Å². The number of nitrogens with one attached hydrogen (secondary N) is 1. The van der Waals surface area contributed by atoms with Gasteiger partial charge in [-0.2, -0.15) is 0 Å². The molecule has 0 spiro atoms. The van der Waals surface area contributed by atoms with E-state index < -0.39 is 17.8 Å². The first-order chi connectivity index (χ1) is 14.8. The van der Waals surface area contributed by atoms with E-state index in [1.165, 1.54) is 18.2 Å². The number of hydrogen-bond donors (Lipinski definition) is 2. The number of carbonyl (C=O) groups excluding carboxylic acids is 1. The maximum Gasteiger partial charge on any atom is 0.335 e. The van der Waals surface area contributed by atoms with Crippen LogP contribution in [0, 0.1) is 0 Å². The fourth-order valence-electron chi connectivity index (χ4n) is 3.62. The number of carbonyl (C=O) groups is 2. The molecular weight excluding hydrogens is 406 g/mol. The lowest BCUT2D eigenvalue weighted by molar-refractivity contribution is -0.0102. The van der Waals surface area contributed by atoms with Crippen molar-refractivity contribution in [3.8, 4) is 0 Å². The average Bonchev–Trinajstić information content (AvgIpc) is 2.93. The minimum absolute atomic E-state index is 0.0357. The maximum atomic E-state index is 13.9. The lowest BCUT2D eigenvalue weighted by atomic mass is 10.1. The zero-order valence-corrected chi connectivity index (χ0v) is 16.5. The van der Waals surface area contributed by atoms with Crippen LogP contribution >= 0.6 is 0 Å². The first-order valence-corrected chi connectivity index (χ1v) is 9.85. The van der Waals surface area contributed by atoms with Crippen LogP contribution in [0.15, 0.2) is 48.8 Å². The molecule has 0 atom stereocenters. The molecule has 2 aromatic heterocycles. The summed E-state index contributed by atoms with van der Waals surface area (Å²) in [5, 5.41) is 12.5. The Labute approximate surface area is 176 Å². The molecule has 0 saturated carbocycles. The molecule has 0 bridgehead atoms. The minimum Gasteiger partial charge on any atom is -0.478 e. The highest BCUT2D eigenvalue weighted by Crippen LogP contribution is 2.32. The average molecular weight is 426 g/mol. The quantitative estimate of drug-likeness (QED) is 0.649. The third kappa shape index (κ3) is 4.60. The number of rotatable bonds is 4. The number of carboxylic acids is 1. The summed E-state index contributed by atoms with van der Waals surface area (Å²) >= 11 is 0. The Bertz CT molecular complexity index is 1150. The van der Waals surface area contributed by atoms with Crippen molar-refractivity contribution >= 4 is 34.3 Å². The maximum absolute atomic E-state index is 13.9. The summed E-state index contributed by atoms with van der Waals surface area (Å²) in [5.41, 5.74) is 1.16. The second-order valence-corrected chi connectivity index (χ2v) is 7.46. The van der Waals surface area contributed by atoms with Gasteiger partial charge >= 0.3 is 5.97 Å². The molecule has 3 heterocycles. The third-order valence-corrected chi connectivity index (χ3v) is 5.22. The molecule has 1 amide bonds. The van der Waals surface area contributed by atoms with E-state index in [-0.39, 0.29) is 36.9 Å². The van der Waals surface area contributed by atoms with Gasteiger partial charge in [0.2, 0.25) is 5.92 Å². The van der Waals surface area contributed by atoms with Crippen LogP contribution in [0.25, 0.3) is 10.9 Å². The number of aromatic nitrogens is 2. The van der Waals surface area contributed by atoms with E-state index >= 15 is 0 Å². The van der Waals surface area contributed by atoms with Crippen molar-refractivity contribution in [2.45, 2.75) is 25.2 Å². The number of pyridine rings is 2. The van der Waals surface area contributed by atoms with Crippen LogP contribution in [0.4, 0.5) is 20.3 Å². The number of benzene rings is 1. The molecule has 1 aliphatic heterocycles. The zero-order chi connectivity index (χ0) is 22.0. The van der Waals surface area contributed by atoms with Gasteiger partial charge in [-0.05, 0) is 36.8 Å². The van der Waals surface area contributed by atoms with Crippen molar-refractivity contribution in [1.29, 1.82) is 0 Å². The van der Waals surface area contributed by atoms with Crippen LogP contribution in [0.2, 0.25) is 0 Å². The first-order valence-electron chi connectivity index (χ1n) is 9.85. The highest BCUT2D eigenvalue weighted by atomic mass is 19.3. The van der Waals surface area contributed by atoms with Gasteiger partial charge in [0.1, 0.15) is 5.82 Å². The summed E-state index contributed by atoms with van der Waals surface area (Å²) in [6.45, 7) is 0.430. The van der Waals surface area contributed by atoms with Gasteiger partial charge in [0.25, 0.3) is 5.91 Å². The van der Waals surface area contributed by atoms with Crippen molar-refractivity contribution in [1.82, 2.24) is 9.97 Å². The molecule has 1 aliphatic rings. The number of alkyl halides is 2. The Hall–Kier alpha value is -3.62. The highest BCUT2D eigenvalue weighted by molar-refractivity contribution is 6.09. The van der Waals surface area contributed by atoms with Gasteiger partial charge < -0.3 is 15.3 Å². The molecule has 31 heavy (non-hydrogen) atoms. The Kier molecular flexibility index (Phi) is 5.50. The monoisotopic (exact) mass is 426 g/mol. The second-order valence-electron chi connectivity index (χ2n) is 7.46. The number of carboxylic acid groups (broad SMARTS) is 1. The van der Waals surface area contributed by atoms with Crippen LogP contribution in [0.1, 0.15) is 40.0 Å². The first kappa shape index (κ1) is 20.6. The minimum atomic E-state index is -2.74. The summed E-state index contributed by atoms with van der Waals surface area (Å²) in [6.07, 6.45) is 2.91. The highest BCUT2D eigenvalue weighted by Gasteiger charge is 2.33. The predicted octanol–water partition coefficient (Wildman–Crippen LogP) is 4.21. The molecule has 0 aliphatic carbocycles. The molecule has 7 nitrogen and oxygen atoms in total. The van der Waals surface area contributed by atoms with E-state index in [0.717, 1.165) is 0 Å². The van der Waals surface area contributed by atoms with Crippen LogP contribution in [-0.2, 0) is 0 Å². The Morgan fingerprint density at radius 1 is 1.13 bits per heavy atom. The fraction of sp³-hybridized carbons (Fsp3) is 0.273. The van der Waals surface area contributed by atoms with Crippen molar-refractivity contribution in [2.24, 2.45) is 0 Å². The second kappa shape index (κ2) is 8.25. The number of amides is 1. The molecule has 1 aromatic carbocycles. The smallest absolute Gasteiger partial charge is 0.335 e. The molecule has 160 valence electrons. The van der Waals surface area contributed by atoms with Crippen molar-refractivity contribution in [2.75, 3.05) is 23.3 Å². The van der Waals surface area contributed by atoms with Gasteiger partial charge in [0.05, 0.1) is 16.6 Å². The van der Waals surface area contributed by atoms with Gasteiger partial charge in [-0.25, -0.2) is 18.6 Å². The molecule has 3 aromatic rings. The summed E-state index contributed by atoms with van der Waals surface area (Å²) in [6, 6.07) is 9.20. The van der Waals surface area contributed by atoms with E-state index in [1.807, 2.05) is 0 Å². The van der Waals surface area contributed by atoms with Crippen molar-refractivity contribution in [3.63, 3.8) is 0 Å². The molecule has 1 fully saturated rings. The van der Waals surface area contributed by atoms with Gasteiger partial charge in [-0.15, -0.1) is 0 Å². The summed E-state index contributed by atoms with van der Waals surface area (Å²) < 4.78 is 27.7. The van der Waals surface area contributed by atoms with Crippen LogP contribution < -0.4 is 10.2 Å². The molecule has 9 heteroatoms. The van der Waals surface area contributed by atoms with Crippen molar-refractivity contribution in [3.05, 3.63) is 59.9 Å². The SMILES string of the molecule is O=C(O)c1cccc(NC(=O)c2cc3cnccc3nc2N2CCCC(F)(F)CC2)c1. The van der Waals surface area contributed by atoms with E-state index in [0.29, 0.717) is 29.0 Å². The van der Waals surface area contributed by atoms with Gasteiger partial charge in [0, 0.05) is 49.4 Å². The number of fused-ring (bicyclic) bond motifs is 1. The zero-order valence-electron chi connectivity index (χ0n) is 16.5. The summed E-state index contributed by atoms with van der Waals surface area (Å²) in [5.74, 6) is -4.04. The topological polar surface area (TPSA) is 95.4 Å². The Morgan fingerprint density at radius 2 is 1.97 bits per heavy atom. The Morgan fingerprint density at radius 3 is 2.77 bits per heavy atom. The van der Waals surface area contributed by atoms with Crippen LogP contribution in [-0.4, -0.2) is 46.0 Å². The van der Waals surface area contributed by atoms with E-state index in [2.05, 4.69) is 15.3 Å². The van der Waals surface area contributed by atoms with E-state index in [9.17, 15) is 18.4 Å².